The molecule has 1 aliphatic rings. The topological polar surface area (TPSA) is 72.9 Å². The maximum absolute atomic E-state index is 12.6. The number of nitrogens with zero attached hydrogens (tertiary/aromatic N) is 1. The van der Waals surface area contributed by atoms with Crippen molar-refractivity contribution < 1.29 is 23.9 Å². The lowest BCUT2D eigenvalue weighted by atomic mass is 10.0. The third-order valence-electron chi connectivity index (χ3n) is 4.32. The molecule has 2 amide bonds. The van der Waals surface area contributed by atoms with E-state index < -0.39 is 11.5 Å². The van der Waals surface area contributed by atoms with Crippen LogP contribution in [0.2, 0.25) is 0 Å². The monoisotopic (exact) mass is 367 g/mol. The Morgan fingerprint density at radius 1 is 0.926 bits per heavy atom. The number of amides is 2. The fourth-order valence-corrected chi connectivity index (χ4v) is 2.97. The summed E-state index contributed by atoms with van der Waals surface area (Å²) in [6.07, 6.45) is 0. The third kappa shape index (κ3) is 4.06. The lowest BCUT2D eigenvalue weighted by Gasteiger charge is -2.33. The number of rotatable bonds is 7. The predicted molar refractivity (Wildman–Crippen MR) is 98.1 cm³/mol. The van der Waals surface area contributed by atoms with Gasteiger partial charge in [0.05, 0.1) is 23.3 Å². The van der Waals surface area contributed by atoms with Crippen molar-refractivity contribution in [2.24, 2.45) is 0 Å². The molecular formula is C21H21NO5. The van der Waals surface area contributed by atoms with E-state index in [1.807, 2.05) is 30.3 Å². The molecule has 3 rings (SSSR count). The highest BCUT2D eigenvalue weighted by atomic mass is 16.6. The van der Waals surface area contributed by atoms with Crippen molar-refractivity contribution in [2.45, 2.75) is 26.0 Å². The average molecular weight is 367 g/mol. The molecule has 6 heteroatoms. The molecule has 0 N–H and O–H groups in total. The summed E-state index contributed by atoms with van der Waals surface area (Å²) >= 11 is 0. The van der Waals surface area contributed by atoms with Crippen molar-refractivity contribution in [1.29, 1.82) is 0 Å². The summed E-state index contributed by atoms with van der Waals surface area (Å²) in [5.41, 5.74) is 0.764. The van der Waals surface area contributed by atoms with Gasteiger partial charge in [0.25, 0.3) is 11.8 Å². The van der Waals surface area contributed by atoms with E-state index in [1.165, 1.54) is 4.90 Å². The second-order valence-electron chi connectivity index (χ2n) is 6.94. The molecule has 0 bridgehead atoms. The summed E-state index contributed by atoms with van der Waals surface area (Å²) in [6, 6.07) is 16.0. The molecule has 0 unspecified atom stereocenters. The first kappa shape index (κ1) is 18.8. The van der Waals surface area contributed by atoms with Crippen molar-refractivity contribution in [3.8, 4) is 0 Å². The lowest BCUT2D eigenvalue weighted by molar-refractivity contribution is -0.151. The number of hydrogen-bond donors (Lipinski definition) is 0. The van der Waals surface area contributed by atoms with Crippen molar-refractivity contribution in [3.05, 3.63) is 71.3 Å². The molecule has 2 aromatic rings. The minimum atomic E-state index is -0.896. The summed E-state index contributed by atoms with van der Waals surface area (Å²) in [6.45, 7) is 3.40. The van der Waals surface area contributed by atoms with Crippen LogP contribution in [-0.4, -0.2) is 41.4 Å². The van der Waals surface area contributed by atoms with Gasteiger partial charge in [0.2, 0.25) is 0 Å². The van der Waals surface area contributed by atoms with Crippen LogP contribution in [0.4, 0.5) is 0 Å². The number of carbonyl (C=O) groups excluding carboxylic acids is 3. The largest absolute Gasteiger partial charge is 0.459 e. The minimum Gasteiger partial charge on any atom is -0.459 e. The van der Waals surface area contributed by atoms with Crippen LogP contribution in [0.25, 0.3) is 0 Å². The van der Waals surface area contributed by atoms with Crippen molar-refractivity contribution in [1.82, 2.24) is 4.90 Å². The van der Waals surface area contributed by atoms with Gasteiger partial charge >= 0.3 is 5.97 Å². The molecule has 6 nitrogen and oxygen atoms in total. The van der Waals surface area contributed by atoms with Gasteiger partial charge in [0, 0.05) is 0 Å². The fourth-order valence-electron chi connectivity index (χ4n) is 2.97. The normalized spacial score (nSPS) is 13.6. The van der Waals surface area contributed by atoms with Crippen LogP contribution in [0.5, 0.6) is 0 Å². The zero-order valence-corrected chi connectivity index (χ0v) is 15.3. The van der Waals surface area contributed by atoms with E-state index >= 15 is 0 Å². The molecule has 1 aliphatic heterocycles. The van der Waals surface area contributed by atoms with Crippen molar-refractivity contribution in [3.63, 3.8) is 0 Å². The van der Waals surface area contributed by atoms with Crippen LogP contribution in [0.3, 0.4) is 0 Å². The third-order valence-corrected chi connectivity index (χ3v) is 4.32. The van der Waals surface area contributed by atoms with Gasteiger partial charge in [-0.25, -0.2) is 4.79 Å². The molecular weight excluding hydrogens is 346 g/mol. The van der Waals surface area contributed by atoms with E-state index in [2.05, 4.69) is 0 Å². The molecule has 1 heterocycles. The second-order valence-corrected chi connectivity index (χ2v) is 6.94. The first-order chi connectivity index (χ1) is 12.9. The lowest BCUT2D eigenvalue weighted by Crippen LogP contribution is -2.50. The summed E-state index contributed by atoms with van der Waals surface area (Å²) < 4.78 is 10.6. The van der Waals surface area contributed by atoms with E-state index in [0.717, 1.165) is 5.56 Å². The van der Waals surface area contributed by atoms with Crippen LogP contribution in [-0.2, 0) is 20.9 Å². The summed E-state index contributed by atoms with van der Waals surface area (Å²) in [5, 5.41) is 0. The molecule has 0 saturated carbocycles. The zero-order valence-electron chi connectivity index (χ0n) is 15.3. The molecule has 140 valence electrons. The Labute approximate surface area is 157 Å². The quantitative estimate of drug-likeness (QED) is 0.556. The van der Waals surface area contributed by atoms with Gasteiger partial charge in [-0.3, -0.25) is 14.5 Å². The fraction of sp³-hybridized carbons (Fsp3) is 0.286. The average Bonchev–Trinajstić information content (AvgIpc) is 2.92. The van der Waals surface area contributed by atoms with Gasteiger partial charge < -0.3 is 9.47 Å². The Balaban J connectivity index is 1.52. The highest BCUT2D eigenvalue weighted by molar-refractivity contribution is 6.21. The SMILES string of the molecule is CC(C)(COCC(=O)OCc1ccccc1)N1C(=O)c2ccccc2C1=O. The van der Waals surface area contributed by atoms with E-state index in [9.17, 15) is 14.4 Å². The molecule has 0 spiro atoms. The van der Waals surface area contributed by atoms with E-state index in [0.29, 0.717) is 11.1 Å². The molecule has 0 fully saturated rings. The molecule has 0 atom stereocenters. The van der Waals surface area contributed by atoms with Gasteiger partial charge in [-0.1, -0.05) is 42.5 Å². The number of ether oxygens (including phenoxy) is 2. The van der Waals surface area contributed by atoms with E-state index in [4.69, 9.17) is 9.47 Å². The van der Waals surface area contributed by atoms with E-state index in [-0.39, 0.29) is 31.6 Å². The minimum absolute atomic E-state index is 0.0267. The number of esters is 1. The van der Waals surface area contributed by atoms with Crippen LogP contribution < -0.4 is 0 Å². The maximum atomic E-state index is 12.6. The van der Waals surface area contributed by atoms with Crippen LogP contribution in [0, 0.1) is 0 Å². The van der Waals surface area contributed by atoms with Crippen LogP contribution in [0.1, 0.15) is 40.1 Å². The number of fused-ring (bicyclic) bond motifs is 1. The molecule has 0 aliphatic carbocycles. The van der Waals surface area contributed by atoms with Crippen LogP contribution in [0.15, 0.2) is 54.6 Å². The first-order valence-corrected chi connectivity index (χ1v) is 8.65. The van der Waals surface area contributed by atoms with Gasteiger partial charge in [-0.15, -0.1) is 0 Å². The van der Waals surface area contributed by atoms with Crippen LogP contribution >= 0.6 is 0 Å². The smallest absolute Gasteiger partial charge is 0.332 e. The van der Waals surface area contributed by atoms with Crippen molar-refractivity contribution in [2.75, 3.05) is 13.2 Å². The Morgan fingerprint density at radius 3 is 2.07 bits per heavy atom. The number of carbonyl (C=O) groups is 3. The molecule has 27 heavy (non-hydrogen) atoms. The highest BCUT2D eigenvalue weighted by Crippen LogP contribution is 2.29. The summed E-state index contributed by atoms with van der Waals surface area (Å²) in [5.74, 6) is -1.20. The second kappa shape index (κ2) is 7.72. The molecule has 0 saturated heterocycles. The van der Waals surface area contributed by atoms with Gasteiger partial charge in [-0.05, 0) is 31.5 Å². The summed E-state index contributed by atoms with van der Waals surface area (Å²) in [7, 11) is 0. The Hall–Kier alpha value is -2.99. The summed E-state index contributed by atoms with van der Waals surface area (Å²) in [4.78, 5) is 38.2. The molecule has 0 aromatic heterocycles. The van der Waals surface area contributed by atoms with Gasteiger partial charge in [-0.2, -0.15) is 0 Å². The molecule has 2 aromatic carbocycles. The first-order valence-electron chi connectivity index (χ1n) is 8.65. The predicted octanol–water partition coefficient (Wildman–Crippen LogP) is 2.82. The maximum Gasteiger partial charge on any atom is 0.332 e. The standard InChI is InChI=1S/C21H21NO5/c1-21(2,22-19(24)16-10-6-7-11-17(16)20(22)25)14-26-13-18(23)27-12-15-8-4-3-5-9-15/h3-11H,12-14H2,1-2H3. The van der Waals surface area contributed by atoms with Crippen molar-refractivity contribution >= 4 is 17.8 Å². The molecule has 0 radical (unpaired) electrons. The van der Waals surface area contributed by atoms with Gasteiger partial charge in [0.1, 0.15) is 13.2 Å². The Bertz CT molecular complexity index is 825. The zero-order chi connectivity index (χ0) is 19.4. The highest BCUT2D eigenvalue weighted by Gasteiger charge is 2.44. The Kier molecular flexibility index (Phi) is 5.37. The van der Waals surface area contributed by atoms with E-state index in [1.54, 1.807) is 38.1 Å². The number of imide groups is 1. The Morgan fingerprint density at radius 2 is 1.48 bits per heavy atom. The number of benzene rings is 2. The van der Waals surface area contributed by atoms with Gasteiger partial charge in [0.15, 0.2) is 0 Å². The number of hydrogen-bond acceptors (Lipinski definition) is 5.